The number of anilines is 1. The molecule has 1 aliphatic heterocycles. The van der Waals surface area contributed by atoms with E-state index in [9.17, 15) is 8.42 Å². The minimum atomic E-state index is -3.43. The molecule has 1 fully saturated rings. The van der Waals surface area contributed by atoms with Crippen LogP contribution in [-0.2, 0) is 14.8 Å². The lowest BCUT2D eigenvalue weighted by molar-refractivity contribution is 0.0408. The molecule has 8 heteroatoms. The highest BCUT2D eigenvalue weighted by molar-refractivity contribution is 7.92. The average molecular weight is 350 g/mol. The fourth-order valence-electron chi connectivity index (χ4n) is 1.92. The third-order valence-corrected chi connectivity index (χ3v) is 4.57. The standard InChI is InChI=1S/C12H18ClN3O3S.C2H6/c1-10-8-11(12(13)14-9-10)15-20(17,18)7-4-16-2-5-19-6-3-16;1-2/h8-9,15H,2-7H2,1H3;1-2H3. The molecule has 126 valence electrons. The van der Waals surface area contributed by atoms with Gasteiger partial charge in [0.25, 0.3) is 0 Å². The molecule has 0 amide bonds. The molecule has 1 aliphatic rings. The largest absolute Gasteiger partial charge is 0.379 e. The molecular weight excluding hydrogens is 326 g/mol. The highest BCUT2D eigenvalue weighted by atomic mass is 35.5. The Hall–Kier alpha value is -0.890. The second kappa shape index (κ2) is 9.29. The monoisotopic (exact) mass is 349 g/mol. The number of sulfonamides is 1. The van der Waals surface area contributed by atoms with Gasteiger partial charge in [-0.25, -0.2) is 13.4 Å². The summed E-state index contributed by atoms with van der Waals surface area (Å²) in [6.07, 6.45) is 1.59. The van der Waals surface area contributed by atoms with Gasteiger partial charge in [0.1, 0.15) is 0 Å². The molecule has 0 radical (unpaired) electrons. The van der Waals surface area contributed by atoms with Gasteiger partial charge in [-0.3, -0.25) is 9.62 Å². The van der Waals surface area contributed by atoms with Gasteiger partial charge in [0.2, 0.25) is 10.0 Å². The number of hydrogen-bond donors (Lipinski definition) is 1. The molecule has 0 unspecified atom stereocenters. The second-order valence-electron chi connectivity index (χ2n) is 4.73. The molecule has 1 aromatic rings. The van der Waals surface area contributed by atoms with Gasteiger partial charge < -0.3 is 4.74 Å². The molecule has 0 spiro atoms. The Morgan fingerprint density at radius 2 is 2.00 bits per heavy atom. The minimum absolute atomic E-state index is 0.0251. The van der Waals surface area contributed by atoms with Crippen LogP contribution in [0.4, 0.5) is 5.69 Å². The first-order chi connectivity index (χ1) is 10.5. The highest BCUT2D eigenvalue weighted by Crippen LogP contribution is 2.21. The number of rotatable bonds is 5. The van der Waals surface area contributed by atoms with Crippen molar-refractivity contribution in [2.75, 3.05) is 43.3 Å². The zero-order valence-electron chi connectivity index (χ0n) is 13.3. The summed E-state index contributed by atoms with van der Waals surface area (Å²) < 4.78 is 31.8. The molecule has 0 bridgehead atoms. The molecule has 1 aromatic heterocycles. The van der Waals surface area contributed by atoms with Gasteiger partial charge in [0.15, 0.2) is 5.15 Å². The Kier molecular flexibility index (Phi) is 8.09. The number of pyridine rings is 1. The number of ether oxygens (including phenoxy) is 1. The lowest BCUT2D eigenvalue weighted by Crippen LogP contribution is -2.39. The van der Waals surface area contributed by atoms with E-state index >= 15 is 0 Å². The van der Waals surface area contributed by atoms with E-state index in [1.807, 2.05) is 20.8 Å². The van der Waals surface area contributed by atoms with Crippen molar-refractivity contribution in [3.8, 4) is 0 Å². The molecule has 2 rings (SSSR count). The van der Waals surface area contributed by atoms with Crippen molar-refractivity contribution in [3.63, 3.8) is 0 Å². The van der Waals surface area contributed by atoms with Crippen LogP contribution >= 0.6 is 11.6 Å². The Morgan fingerprint density at radius 1 is 1.36 bits per heavy atom. The van der Waals surface area contributed by atoms with Crippen molar-refractivity contribution in [2.24, 2.45) is 0 Å². The predicted molar refractivity (Wildman–Crippen MR) is 90.0 cm³/mol. The van der Waals surface area contributed by atoms with E-state index in [0.29, 0.717) is 25.4 Å². The van der Waals surface area contributed by atoms with Crippen molar-refractivity contribution in [2.45, 2.75) is 20.8 Å². The van der Waals surface area contributed by atoms with Crippen molar-refractivity contribution in [1.82, 2.24) is 9.88 Å². The first-order valence-corrected chi connectivity index (χ1v) is 9.42. The van der Waals surface area contributed by atoms with Crippen molar-refractivity contribution in [3.05, 3.63) is 23.0 Å². The summed E-state index contributed by atoms with van der Waals surface area (Å²) in [5.74, 6) is 0.0251. The van der Waals surface area contributed by atoms with Gasteiger partial charge in [0.05, 0.1) is 24.7 Å². The summed E-state index contributed by atoms with van der Waals surface area (Å²) in [6, 6.07) is 1.67. The molecule has 1 N–H and O–H groups in total. The number of nitrogens with zero attached hydrogens (tertiary/aromatic N) is 2. The third kappa shape index (κ3) is 6.48. The number of halogens is 1. The summed E-state index contributed by atoms with van der Waals surface area (Å²) in [7, 11) is -3.43. The number of hydrogen-bond acceptors (Lipinski definition) is 5. The van der Waals surface area contributed by atoms with Gasteiger partial charge in [-0.1, -0.05) is 25.4 Å². The van der Waals surface area contributed by atoms with E-state index in [2.05, 4.69) is 14.6 Å². The Morgan fingerprint density at radius 3 is 2.64 bits per heavy atom. The van der Waals surface area contributed by atoms with Crippen LogP contribution in [0.3, 0.4) is 0 Å². The second-order valence-corrected chi connectivity index (χ2v) is 6.93. The predicted octanol–water partition coefficient (Wildman–Crippen LogP) is 2.14. The van der Waals surface area contributed by atoms with Gasteiger partial charge >= 0.3 is 0 Å². The Bertz CT molecular complexity index is 560. The van der Waals surface area contributed by atoms with Crippen LogP contribution in [0.15, 0.2) is 12.3 Å². The van der Waals surface area contributed by atoms with E-state index in [-0.39, 0.29) is 10.9 Å². The molecule has 1 saturated heterocycles. The Labute approximate surface area is 137 Å². The van der Waals surface area contributed by atoms with Crippen molar-refractivity contribution in [1.29, 1.82) is 0 Å². The molecule has 0 aliphatic carbocycles. The van der Waals surface area contributed by atoms with E-state index in [4.69, 9.17) is 16.3 Å². The normalized spacial score (nSPS) is 15.8. The lowest BCUT2D eigenvalue weighted by atomic mass is 10.3. The highest BCUT2D eigenvalue weighted by Gasteiger charge is 2.17. The van der Waals surface area contributed by atoms with Gasteiger partial charge in [-0.2, -0.15) is 0 Å². The quantitative estimate of drug-likeness (QED) is 0.825. The van der Waals surface area contributed by atoms with Crippen molar-refractivity contribution < 1.29 is 13.2 Å². The van der Waals surface area contributed by atoms with E-state index < -0.39 is 10.0 Å². The van der Waals surface area contributed by atoms with E-state index in [0.717, 1.165) is 18.7 Å². The Balaban J connectivity index is 0.00000116. The van der Waals surface area contributed by atoms with Crippen LogP contribution in [0.25, 0.3) is 0 Å². The lowest BCUT2D eigenvalue weighted by Gasteiger charge is -2.26. The SMILES string of the molecule is CC.Cc1cnc(Cl)c(NS(=O)(=O)CCN2CCOCC2)c1. The van der Waals surface area contributed by atoms with Crippen LogP contribution in [0.1, 0.15) is 19.4 Å². The molecule has 22 heavy (non-hydrogen) atoms. The average Bonchev–Trinajstić information content (AvgIpc) is 2.52. The van der Waals surface area contributed by atoms with Crippen LogP contribution in [0.2, 0.25) is 5.15 Å². The first kappa shape index (κ1) is 19.2. The van der Waals surface area contributed by atoms with Crippen molar-refractivity contribution >= 4 is 27.3 Å². The van der Waals surface area contributed by atoms with Gasteiger partial charge in [-0.05, 0) is 18.6 Å². The van der Waals surface area contributed by atoms with Crippen LogP contribution in [0, 0.1) is 6.92 Å². The zero-order chi connectivity index (χ0) is 16.6. The number of nitrogens with one attached hydrogen (secondary N) is 1. The number of aromatic nitrogens is 1. The smallest absolute Gasteiger partial charge is 0.234 e. The molecule has 0 saturated carbocycles. The van der Waals surface area contributed by atoms with Gasteiger partial charge in [0, 0.05) is 25.8 Å². The fraction of sp³-hybridized carbons (Fsp3) is 0.643. The van der Waals surface area contributed by atoms with Crippen LogP contribution < -0.4 is 4.72 Å². The number of aryl methyl sites for hydroxylation is 1. The molecule has 2 heterocycles. The maximum atomic E-state index is 12.1. The topological polar surface area (TPSA) is 71.5 Å². The zero-order valence-corrected chi connectivity index (χ0v) is 14.9. The summed E-state index contributed by atoms with van der Waals surface area (Å²) in [4.78, 5) is 5.99. The number of morpholine rings is 1. The fourth-order valence-corrected chi connectivity index (χ4v) is 3.21. The maximum absolute atomic E-state index is 12.1. The summed E-state index contributed by atoms with van der Waals surface area (Å²) in [5.41, 5.74) is 1.17. The van der Waals surface area contributed by atoms with Crippen LogP contribution in [-0.4, -0.2) is 56.9 Å². The molecule has 0 atom stereocenters. The molecule has 6 nitrogen and oxygen atoms in total. The third-order valence-electron chi connectivity index (χ3n) is 3.02. The minimum Gasteiger partial charge on any atom is -0.379 e. The van der Waals surface area contributed by atoms with E-state index in [1.54, 1.807) is 12.3 Å². The summed E-state index contributed by atoms with van der Waals surface area (Å²) in [6.45, 7) is 9.15. The molecular formula is C14H24ClN3O3S. The summed E-state index contributed by atoms with van der Waals surface area (Å²) in [5, 5.41) is 0.158. The maximum Gasteiger partial charge on any atom is 0.234 e. The first-order valence-electron chi connectivity index (χ1n) is 7.39. The van der Waals surface area contributed by atoms with Crippen LogP contribution in [0.5, 0.6) is 0 Å². The van der Waals surface area contributed by atoms with E-state index in [1.165, 1.54) is 0 Å². The molecule has 0 aromatic carbocycles. The summed E-state index contributed by atoms with van der Waals surface area (Å²) >= 11 is 5.89. The van der Waals surface area contributed by atoms with Gasteiger partial charge in [-0.15, -0.1) is 0 Å².